The number of ether oxygens (including phenoxy) is 1. The summed E-state index contributed by atoms with van der Waals surface area (Å²) >= 11 is 0. The second-order valence-electron chi connectivity index (χ2n) is 5.88. The maximum absolute atomic E-state index is 12.5. The van der Waals surface area contributed by atoms with Gasteiger partial charge in [0.15, 0.2) is 6.10 Å². The zero-order valence-electron chi connectivity index (χ0n) is 15.6. The van der Waals surface area contributed by atoms with Crippen LogP contribution in [0, 0.1) is 0 Å². The van der Waals surface area contributed by atoms with Gasteiger partial charge in [0.2, 0.25) is 0 Å². The van der Waals surface area contributed by atoms with Crippen molar-refractivity contribution < 1.29 is 14.3 Å². The minimum Gasteiger partial charge on any atom is -0.481 e. The zero-order chi connectivity index (χ0) is 18.9. The largest absolute Gasteiger partial charge is 0.481 e. The van der Waals surface area contributed by atoms with Gasteiger partial charge in [0, 0.05) is 24.3 Å². The lowest BCUT2D eigenvalue weighted by molar-refractivity contribution is -0.122. The van der Waals surface area contributed by atoms with Crippen molar-refractivity contribution in [2.24, 2.45) is 0 Å². The normalized spacial score (nSPS) is 11.5. The Kier molecular flexibility index (Phi) is 7.21. The van der Waals surface area contributed by atoms with Crippen LogP contribution in [-0.2, 0) is 4.79 Å². The summed E-state index contributed by atoms with van der Waals surface area (Å²) in [5.74, 6) is 0.377. The predicted octanol–water partition coefficient (Wildman–Crippen LogP) is 3.96. The van der Waals surface area contributed by atoms with E-state index < -0.39 is 6.10 Å². The highest BCUT2D eigenvalue weighted by atomic mass is 16.5. The van der Waals surface area contributed by atoms with Gasteiger partial charge >= 0.3 is 0 Å². The molecule has 0 bridgehead atoms. The van der Waals surface area contributed by atoms with Crippen LogP contribution in [-0.4, -0.2) is 35.9 Å². The summed E-state index contributed by atoms with van der Waals surface area (Å²) < 4.78 is 5.76. The van der Waals surface area contributed by atoms with Crippen LogP contribution in [0.15, 0.2) is 54.6 Å². The van der Waals surface area contributed by atoms with Gasteiger partial charge in [0.25, 0.3) is 11.8 Å². The van der Waals surface area contributed by atoms with E-state index in [-0.39, 0.29) is 11.8 Å². The molecule has 2 amide bonds. The molecule has 0 aromatic heterocycles. The number of hydrogen-bond donors (Lipinski definition) is 1. The second kappa shape index (κ2) is 9.61. The molecule has 2 rings (SSSR count). The molecule has 0 aliphatic carbocycles. The van der Waals surface area contributed by atoms with Gasteiger partial charge in [-0.1, -0.05) is 31.2 Å². The highest BCUT2D eigenvalue weighted by Gasteiger charge is 2.19. The summed E-state index contributed by atoms with van der Waals surface area (Å²) in [6, 6.07) is 16.3. The Labute approximate surface area is 155 Å². The molecule has 0 aliphatic rings. The zero-order valence-corrected chi connectivity index (χ0v) is 15.6. The summed E-state index contributed by atoms with van der Waals surface area (Å²) in [6.07, 6.45) is -0.0572. The van der Waals surface area contributed by atoms with E-state index in [1.807, 2.05) is 51.1 Å². The summed E-state index contributed by atoms with van der Waals surface area (Å²) in [7, 11) is 0. The van der Waals surface area contributed by atoms with Gasteiger partial charge in [0.1, 0.15) is 5.75 Å². The van der Waals surface area contributed by atoms with E-state index in [0.717, 1.165) is 0 Å². The molecule has 2 aromatic rings. The number of rotatable bonds is 8. The smallest absolute Gasteiger partial charge is 0.265 e. The van der Waals surface area contributed by atoms with Crippen molar-refractivity contribution in [2.45, 2.75) is 33.3 Å². The number of carbonyl (C=O) groups excluding carboxylic acids is 2. The van der Waals surface area contributed by atoms with E-state index in [9.17, 15) is 9.59 Å². The molecule has 0 saturated heterocycles. The molecule has 0 aliphatic heterocycles. The number of nitrogens with zero attached hydrogens (tertiary/aromatic N) is 1. The molecule has 0 spiro atoms. The number of hydrogen-bond acceptors (Lipinski definition) is 3. The molecule has 0 fully saturated rings. The first-order valence-corrected chi connectivity index (χ1v) is 9.00. The Bertz CT molecular complexity index is 727. The number of amides is 2. The van der Waals surface area contributed by atoms with Crippen molar-refractivity contribution in [2.75, 3.05) is 18.4 Å². The lowest BCUT2D eigenvalue weighted by atomic mass is 10.1. The second-order valence-corrected chi connectivity index (χ2v) is 5.88. The molecule has 1 unspecified atom stereocenters. The fourth-order valence-corrected chi connectivity index (χ4v) is 2.63. The fourth-order valence-electron chi connectivity index (χ4n) is 2.63. The Balaban J connectivity index is 2.08. The lowest BCUT2D eigenvalue weighted by Crippen LogP contribution is -2.33. The van der Waals surface area contributed by atoms with E-state index in [2.05, 4.69) is 5.32 Å². The van der Waals surface area contributed by atoms with Crippen molar-refractivity contribution in [1.29, 1.82) is 0 Å². The summed E-state index contributed by atoms with van der Waals surface area (Å²) in [5.41, 5.74) is 1.15. The quantitative estimate of drug-likeness (QED) is 0.780. The van der Waals surface area contributed by atoms with Crippen molar-refractivity contribution in [1.82, 2.24) is 4.90 Å². The third kappa shape index (κ3) is 5.09. The van der Waals surface area contributed by atoms with E-state index in [1.165, 1.54) is 0 Å². The van der Waals surface area contributed by atoms with Gasteiger partial charge in [-0.15, -0.1) is 0 Å². The molecule has 26 heavy (non-hydrogen) atoms. The maximum atomic E-state index is 12.5. The third-order valence-electron chi connectivity index (χ3n) is 4.11. The molecule has 1 atom stereocenters. The Morgan fingerprint density at radius 1 is 1.00 bits per heavy atom. The maximum Gasteiger partial charge on any atom is 0.265 e. The molecule has 0 saturated carbocycles. The number of carbonyl (C=O) groups is 2. The van der Waals surface area contributed by atoms with Crippen LogP contribution in [0.3, 0.4) is 0 Å². The van der Waals surface area contributed by atoms with Gasteiger partial charge in [-0.2, -0.15) is 0 Å². The molecular formula is C21H26N2O3. The Morgan fingerprint density at radius 3 is 2.31 bits per heavy atom. The minimum atomic E-state index is -0.598. The Morgan fingerprint density at radius 2 is 1.69 bits per heavy atom. The number of para-hydroxylation sites is 1. The van der Waals surface area contributed by atoms with Crippen LogP contribution in [0.25, 0.3) is 0 Å². The van der Waals surface area contributed by atoms with Gasteiger partial charge < -0.3 is 15.0 Å². The van der Waals surface area contributed by atoms with Crippen molar-refractivity contribution >= 4 is 17.5 Å². The monoisotopic (exact) mass is 354 g/mol. The first-order valence-electron chi connectivity index (χ1n) is 9.00. The van der Waals surface area contributed by atoms with E-state index in [1.54, 1.807) is 29.2 Å². The number of nitrogens with one attached hydrogen (secondary N) is 1. The predicted molar refractivity (Wildman–Crippen MR) is 103 cm³/mol. The standard InChI is InChI=1S/C21H26N2O3/c1-4-19(26-18-13-8-7-9-14-18)20(24)22-17-12-10-11-16(15-17)21(25)23(5-2)6-3/h7-15,19H,4-6H2,1-3H3,(H,22,24). The summed E-state index contributed by atoms with van der Waals surface area (Å²) in [6.45, 7) is 7.08. The van der Waals surface area contributed by atoms with Gasteiger partial charge in [-0.25, -0.2) is 0 Å². The highest BCUT2D eigenvalue weighted by Crippen LogP contribution is 2.16. The molecule has 0 radical (unpaired) electrons. The van der Waals surface area contributed by atoms with Crippen LogP contribution in [0.5, 0.6) is 5.75 Å². The lowest BCUT2D eigenvalue weighted by Gasteiger charge is -2.20. The first kappa shape index (κ1) is 19.5. The average Bonchev–Trinajstić information content (AvgIpc) is 2.68. The minimum absolute atomic E-state index is 0.0429. The van der Waals surface area contributed by atoms with Crippen LogP contribution < -0.4 is 10.1 Å². The van der Waals surface area contributed by atoms with E-state index in [4.69, 9.17) is 4.74 Å². The van der Waals surface area contributed by atoms with Crippen LogP contribution in [0.2, 0.25) is 0 Å². The van der Waals surface area contributed by atoms with Crippen molar-refractivity contribution in [3.05, 3.63) is 60.2 Å². The topological polar surface area (TPSA) is 58.6 Å². The van der Waals surface area contributed by atoms with Gasteiger partial charge in [0.05, 0.1) is 0 Å². The van der Waals surface area contributed by atoms with E-state index >= 15 is 0 Å². The van der Waals surface area contributed by atoms with Crippen molar-refractivity contribution in [3.8, 4) is 5.75 Å². The third-order valence-corrected chi connectivity index (χ3v) is 4.11. The van der Waals surface area contributed by atoms with Crippen molar-refractivity contribution in [3.63, 3.8) is 0 Å². The summed E-state index contributed by atoms with van der Waals surface area (Å²) in [5, 5.41) is 2.85. The Hall–Kier alpha value is -2.82. The van der Waals surface area contributed by atoms with Crippen LogP contribution in [0.1, 0.15) is 37.6 Å². The summed E-state index contributed by atoms with van der Waals surface area (Å²) in [4.78, 5) is 26.8. The number of anilines is 1. The highest BCUT2D eigenvalue weighted by molar-refractivity contribution is 5.98. The van der Waals surface area contributed by atoms with E-state index in [0.29, 0.717) is 36.5 Å². The molecular weight excluding hydrogens is 328 g/mol. The van der Waals surface area contributed by atoms with Crippen LogP contribution in [0.4, 0.5) is 5.69 Å². The SMILES string of the molecule is CCC(Oc1ccccc1)C(=O)Nc1cccc(C(=O)N(CC)CC)c1. The molecule has 1 N–H and O–H groups in total. The molecule has 5 nitrogen and oxygen atoms in total. The molecule has 5 heteroatoms. The molecule has 2 aromatic carbocycles. The van der Waals surface area contributed by atoms with Crippen LogP contribution >= 0.6 is 0 Å². The fraction of sp³-hybridized carbons (Fsp3) is 0.333. The van der Waals surface area contributed by atoms with Gasteiger partial charge in [-0.3, -0.25) is 9.59 Å². The molecule has 0 heterocycles. The average molecular weight is 354 g/mol. The molecule has 138 valence electrons. The number of benzene rings is 2. The first-order chi connectivity index (χ1) is 12.6. The van der Waals surface area contributed by atoms with Gasteiger partial charge in [-0.05, 0) is 50.6 Å².